The van der Waals surface area contributed by atoms with Gasteiger partial charge in [0.15, 0.2) is 0 Å². The van der Waals surface area contributed by atoms with E-state index >= 15 is 0 Å². The van der Waals surface area contributed by atoms with Gasteiger partial charge in [0.05, 0.1) is 7.11 Å². The number of hydrogen-bond acceptors (Lipinski definition) is 3. The highest BCUT2D eigenvalue weighted by molar-refractivity contribution is 7.11. The zero-order chi connectivity index (χ0) is 13.2. The van der Waals surface area contributed by atoms with Crippen LogP contribution in [0.4, 0.5) is 0 Å². The maximum atomic E-state index is 5.62. The Labute approximate surface area is 116 Å². The van der Waals surface area contributed by atoms with Crippen LogP contribution in [0.1, 0.15) is 10.4 Å². The maximum absolute atomic E-state index is 5.62. The fourth-order valence-corrected chi connectivity index (χ4v) is 3.01. The minimum absolute atomic E-state index is 0.582. The molecule has 0 bridgehead atoms. The van der Waals surface area contributed by atoms with Gasteiger partial charge in [-0.05, 0) is 29.1 Å². The Morgan fingerprint density at radius 2 is 2.00 bits per heavy atom. The molecule has 0 spiro atoms. The number of methoxy groups -OCH3 is 1. The standard InChI is InChI=1S/C16H14O2S/c1-11-16(15-4-3-9-19-15)14(10-18-11)12-5-7-13(17-2)8-6-12/h3-9H,1,10H2,2H3. The second kappa shape index (κ2) is 4.94. The Bertz CT molecular complexity index is 621. The lowest BCUT2D eigenvalue weighted by molar-refractivity contribution is 0.286. The SMILES string of the molecule is C=C1OCC(c2ccc(OC)cc2)=C1c1cccs1. The van der Waals surface area contributed by atoms with E-state index < -0.39 is 0 Å². The molecular formula is C16H14O2S. The van der Waals surface area contributed by atoms with Gasteiger partial charge in [-0.2, -0.15) is 0 Å². The summed E-state index contributed by atoms with van der Waals surface area (Å²) in [6.07, 6.45) is 0. The van der Waals surface area contributed by atoms with Crippen LogP contribution in [-0.4, -0.2) is 13.7 Å². The minimum Gasteiger partial charge on any atom is -0.497 e. The summed E-state index contributed by atoms with van der Waals surface area (Å²) in [6, 6.07) is 12.2. The summed E-state index contributed by atoms with van der Waals surface area (Å²) in [5, 5.41) is 2.07. The first-order valence-electron chi connectivity index (χ1n) is 6.03. The molecule has 0 radical (unpaired) electrons. The molecule has 3 rings (SSSR count). The van der Waals surface area contributed by atoms with E-state index in [1.807, 2.05) is 18.2 Å². The van der Waals surface area contributed by atoms with Crippen molar-refractivity contribution in [1.82, 2.24) is 0 Å². The zero-order valence-corrected chi connectivity index (χ0v) is 11.5. The minimum atomic E-state index is 0.582. The van der Waals surface area contributed by atoms with E-state index in [4.69, 9.17) is 9.47 Å². The molecule has 1 aromatic carbocycles. The first-order chi connectivity index (χ1) is 9.29. The van der Waals surface area contributed by atoms with Crippen LogP contribution in [0.3, 0.4) is 0 Å². The highest BCUT2D eigenvalue weighted by Gasteiger charge is 2.23. The molecule has 2 nitrogen and oxygen atoms in total. The fourth-order valence-electron chi connectivity index (χ4n) is 2.20. The highest BCUT2D eigenvalue weighted by atomic mass is 32.1. The van der Waals surface area contributed by atoms with Gasteiger partial charge in [0.25, 0.3) is 0 Å². The molecular weight excluding hydrogens is 256 g/mol. The maximum Gasteiger partial charge on any atom is 0.121 e. The predicted molar refractivity (Wildman–Crippen MR) is 79.2 cm³/mol. The molecule has 0 fully saturated rings. The normalized spacial score (nSPS) is 14.7. The smallest absolute Gasteiger partial charge is 0.121 e. The summed E-state index contributed by atoms with van der Waals surface area (Å²) in [6.45, 7) is 4.58. The third-order valence-electron chi connectivity index (χ3n) is 3.18. The molecule has 0 atom stereocenters. The number of allylic oxidation sites excluding steroid dienone is 1. The molecule has 0 saturated carbocycles. The van der Waals surface area contributed by atoms with Gasteiger partial charge in [-0.3, -0.25) is 0 Å². The first-order valence-corrected chi connectivity index (χ1v) is 6.91. The van der Waals surface area contributed by atoms with Crippen molar-refractivity contribution in [3.05, 3.63) is 64.6 Å². The van der Waals surface area contributed by atoms with Crippen LogP contribution in [0.5, 0.6) is 5.75 Å². The first kappa shape index (κ1) is 12.1. The lowest BCUT2D eigenvalue weighted by atomic mass is 10.0. The summed E-state index contributed by atoms with van der Waals surface area (Å²) in [4.78, 5) is 1.20. The van der Waals surface area contributed by atoms with Gasteiger partial charge in [0.2, 0.25) is 0 Å². The zero-order valence-electron chi connectivity index (χ0n) is 10.7. The van der Waals surface area contributed by atoms with Gasteiger partial charge in [0.1, 0.15) is 18.1 Å². The molecule has 0 unspecified atom stereocenters. The molecule has 0 N–H and O–H groups in total. The average Bonchev–Trinajstić information content (AvgIpc) is 3.08. The summed E-state index contributed by atoms with van der Waals surface area (Å²) in [5.41, 5.74) is 3.47. The number of rotatable bonds is 3. The van der Waals surface area contributed by atoms with Crippen LogP contribution >= 0.6 is 11.3 Å². The Morgan fingerprint density at radius 3 is 2.63 bits per heavy atom. The quantitative estimate of drug-likeness (QED) is 0.831. The summed E-state index contributed by atoms with van der Waals surface area (Å²) in [7, 11) is 1.67. The van der Waals surface area contributed by atoms with Gasteiger partial charge in [-0.25, -0.2) is 0 Å². The van der Waals surface area contributed by atoms with Crippen LogP contribution in [0.2, 0.25) is 0 Å². The van der Waals surface area contributed by atoms with Gasteiger partial charge >= 0.3 is 0 Å². The van der Waals surface area contributed by atoms with Gasteiger partial charge in [-0.15, -0.1) is 11.3 Å². The summed E-state index contributed by atoms with van der Waals surface area (Å²) in [5.74, 6) is 1.62. The molecule has 0 amide bonds. The molecule has 2 aromatic rings. The van der Waals surface area contributed by atoms with E-state index in [1.54, 1.807) is 18.4 Å². The third-order valence-corrected chi connectivity index (χ3v) is 4.06. The lowest BCUT2D eigenvalue weighted by Gasteiger charge is -2.05. The summed E-state index contributed by atoms with van der Waals surface area (Å²) < 4.78 is 10.8. The second-order valence-corrected chi connectivity index (χ2v) is 5.22. The van der Waals surface area contributed by atoms with Crippen molar-refractivity contribution in [3.63, 3.8) is 0 Å². The van der Waals surface area contributed by atoms with E-state index in [0.717, 1.165) is 22.6 Å². The highest BCUT2D eigenvalue weighted by Crippen LogP contribution is 2.39. The van der Waals surface area contributed by atoms with Gasteiger partial charge in [0, 0.05) is 16.0 Å². The summed E-state index contributed by atoms with van der Waals surface area (Å²) >= 11 is 1.71. The van der Waals surface area contributed by atoms with Crippen LogP contribution in [-0.2, 0) is 4.74 Å². The lowest BCUT2D eigenvalue weighted by Crippen LogP contribution is -1.89. The van der Waals surface area contributed by atoms with Crippen molar-refractivity contribution in [2.75, 3.05) is 13.7 Å². The molecule has 1 aliphatic rings. The van der Waals surface area contributed by atoms with Crippen molar-refractivity contribution in [2.45, 2.75) is 0 Å². The van der Waals surface area contributed by atoms with E-state index in [-0.39, 0.29) is 0 Å². The van der Waals surface area contributed by atoms with Crippen molar-refractivity contribution < 1.29 is 9.47 Å². The molecule has 19 heavy (non-hydrogen) atoms. The molecule has 0 aliphatic carbocycles. The van der Waals surface area contributed by atoms with E-state index in [2.05, 4.69) is 30.2 Å². The number of thiophene rings is 1. The van der Waals surface area contributed by atoms with E-state index in [0.29, 0.717) is 6.61 Å². The van der Waals surface area contributed by atoms with Gasteiger partial charge < -0.3 is 9.47 Å². The second-order valence-electron chi connectivity index (χ2n) is 4.27. The largest absolute Gasteiger partial charge is 0.497 e. The predicted octanol–water partition coefficient (Wildman–Crippen LogP) is 4.21. The number of benzene rings is 1. The van der Waals surface area contributed by atoms with Crippen molar-refractivity contribution >= 4 is 22.5 Å². The topological polar surface area (TPSA) is 18.5 Å². The molecule has 3 heteroatoms. The number of hydrogen-bond donors (Lipinski definition) is 0. The van der Waals surface area contributed by atoms with Crippen LogP contribution in [0.25, 0.3) is 11.1 Å². The molecule has 0 saturated heterocycles. The number of ether oxygens (including phenoxy) is 2. The monoisotopic (exact) mass is 270 g/mol. The van der Waals surface area contributed by atoms with Crippen LogP contribution < -0.4 is 4.74 Å². The molecule has 2 heterocycles. The Hall–Kier alpha value is -2.00. The third kappa shape index (κ3) is 2.17. The molecule has 96 valence electrons. The van der Waals surface area contributed by atoms with Crippen molar-refractivity contribution in [2.24, 2.45) is 0 Å². The van der Waals surface area contributed by atoms with Crippen LogP contribution in [0, 0.1) is 0 Å². The Morgan fingerprint density at radius 1 is 1.21 bits per heavy atom. The molecule has 1 aromatic heterocycles. The Kier molecular flexibility index (Phi) is 3.13. The fraction of sp³-hybridized carbons (Fsp3) is 0.125. The molecule has 1 aliphatic heterocycles. The van der Waals surface area contributed by atoms with Gasteiger partial charge in [-0.1, -0.05) is 24.8 Å². The van der Waals surface area contributed by atoms with E-state index in [1.165, 1.54) is 10.5 Å². The Balaban J connectivity index is 2.07. The van der Waals surface area contributed by atoms with E-state index in [9.17, 15) is 0 Å². The van der Waals surface area contributed by atoms with Crippen LogP contribution in [0.15, 0.2) is 54.1 Å². The van der Waals surface area contributed by atoms with Crippen molar-refractivity contribution in [1.29, 1.82) is 0 Å². The van der Waals surface area contributed by atoms with Crippen molar-refractivity contribution in [3.8, 4) is 5.75 Å². The average molecular weight is 270 g/mol.